The molecule has 0 saturated heterocycles. The van der Waals surface area contributed by atoms with Crippen LogP contribution in [0.5, 0.6) is 0 Å². The molecule has 0 spiro atoms. The van der Waals surface area contributed by atoms with Gasteiger partial charge in [0.15, 0.2) is 0 Å². The molecule has 0 radical (unpaired) electrons. The van der Waals surface area contributed by atoms with Gasteiger partial charge in [-0.25, -0.2) is 0 Å². The zero-order chi connectivity index (χ0) is 13.3. The number of benzene rings is 2. The number of aryl methyl sites for hydroxylation is 1. The van der Waals surface area contributed by atoms with Gasteiger partial charge in [0, 0.05) is 0 Å². The van der Waals surface area contributed by atoms with E-state index in [1.807, 2.05) is 0 Å². The van der Waals surface area contributed by atoms with Crippen LogP contribution in [0.15, 0.2) is 54.6 Å². The molecular weight excluding hydrogens is 459 g/mol. The van der Waals surface area contributed by atoms with E-state index >= 15 is 0 Å². The molecule has 2 rings (SSSR count). The normalized spacial score (nSPS) is 10.6. The van der Waals surface area contributed by atoms with Crippen molar-refractivity contribution in [1.82, 2.24) is 0 Å². The molecule has 0 bridgehead atoms. The molecule has 2 aromatic rings. The van der Waals surface area contributed by atoms with Crippen LogP contribution in [0.1, 0.15) is 31.7 Å². The molecule has 2 heteroatoms. The van der Waals surface area contributed by atoms with Crippen LogP contribution in [0.2, 0.25) is 0 Å². The van der Waals surface area contributed by atoms with Crippen molar-refractivity contribution in [2.75, 3.05) is 0 Å². The fourth-order valence-electron chi connectivity index (χ4n) is 1.86. The molecule has 0 aromatic heterocycles. The van der Waals surface area contributed by atoms with Crippen molar-refractivity contribution >= 4 is 41.3 Å². The summed E-state index contributed by atoms with van der Waals surface area (Å²) in [4.78, 5) is 0. The Morgan fingerprint density at radius 1 is 0.737 bits per heavy atom. The Bertz CT molecular complexity index is 462. The molecule has 0 saturated carbocycles. The summed E-state index contributed by atoms with van der Waals surface area (Å²) in [6, 6.07) is 20.5. The summed E-state index contributed by atoms with van der Waals surface area (Å²) in [6.07, 6.45) is 5.26. The Balaban J connectivity index is 1.81. The van der Waals surface area contributed by atoms with Gasteiger partial charge >= 0.3 is 134 Å². The average Bonchev–Trinajstić information content (AvgIpc) is 2.48. The summed E-state index contributed by atoms with van der Waals surface area (Å²) < 4.78 is 3.25. The third-order valence-corrected chi connectivity index (χ3v) is 14.8. The van der Waals surface area contributed by atoms with Crippen LogP contribution in [-0.4, -0.2) is 34.1 Å². The summed E-state index contributed by atoms with van der Waals surface area (Å²) in [7, 11) is 0. The Morgan fingerprint density at radius 2 is 1.37 bits per heavy atom. The maximum absolute atomic E-state index is 2.39. The van der Waals surface area contributed by atoms with Crippen molar-refractivity contribution in [3.8, 4) is 0 Å². The van der Waals surface area contributed by atoms with Gasteiger partial charge < -0.3 is 0 Å². The minimum atomic E-state index is 0.0632. The van der Waals surface area contributed by atoms with E-state index in [1.54, 1.807) is 7.22 Å². The van der Waals surface area contributed by atoms with E-state index in [4.69, 9.17) is 0 Å². The fourth-order valence-corrected chi connectivity index (χ4v) is 11.8. The zero-order valence-electron chi connectivity index (χ0n) is 11.3. The van der Waals surface area contributed by atoms with E-state index in [9.17, 15) is 0 Å². The quantitative estimate of drug-likeness (QED) is 0.423. The van der Waals surface area contributed by atoms with E-state index in [1.165, 1.54) is 31.2 Å². The van der Waals surface area contributed by atoms with Crippen LogP contribution in [-0.2, 0) is 6.42 Å². The van der Waals surface area contributed by atoms with Gasteiger partial charge in [-0.1, -0.05) is 0 Å². The third kappa shape index (κ3) is 5.89. The monoisotopic (exact) mass is 484 g/mol. The average molecular weight is 480 g/mol. The van der Waals surface area contributed by atoms with Gasteiger partial charge in [-0.05, 0) is 0 Å². The van der Waals surface area contributed by atoms with Gasteiger partial charge in [-0.3, -0.25) is 0 Å². The summed E-state index contributed by atoms with van der Waals surface area (Å²) in [6.45, 7) is 2.27. The van der Waals surface area contributed by atoms with Crippen molar-refractivity contribution in [3.63, 3.8) is 0 Å². The second kappa shape index (κ2) is 9.05. The van der Waals surface area contributed by atoms with Crippen molar-refractivity contribution in [2.24, 2.45) is 0 Å². The molecule has 0 amide bonds. The molecular formula is C17H20Te2. The molecule has 100 valence electrons. The molecule has 0 heterocycles. The molecule has 0 aliphatic heterocycles. The summed E-state index contributed by atoms with van der Waals surface area (Å²) >= 11 is 0.133. The van der Waals surface area contributed by atoms with Crippen LogP contribution >= 0.6 is 0 Å². The SMILES string of the molecule is CCCCCc1ccc([Te][Te]c2ccccc2)cc1. The number of rotatable bonds is 7. The Kier molecular flexibility index (Phi) is 7.34. The molecule has 19 heavy (non-hydrogen) atoms. The van der Waals surface area contributed by atoms with Crippen LogP contribution in [0, 0.1) is 0 Å². The van der Waals surface area contributed by atoms with Gasteiger partial charge in [0.2, 0.25) is 0 Å². The van der Waals surface area contributed by atoms with Crippen molar-refractivity contribution in [3.05, 3.63) is 60.2 Å². The fraction of sp³-hybridized carbons (Fsp3) is 0.294. The van der Waals surface area contributed by atoms with Crippen LogP contribution in [0.3, 0.4) is 0 Å². The third-order valence-electron chi connectivity index (χ3n) is 2.97. The molecule has 0 N–H and O–H groups in total. The number of hydrogen-bond donors (Lipinski definition) is 0. The summed E-state index contributed by atoms with van der Waals surface area (Å²) in [5.74, 6) is 0. The molecule has 0 nitrogen and oxygen atoms in total. The Hall–Kier alpha value is 0.0192. The van der Waals surface area contributed by atoms with E-state index < -0.39 is 0 Å². The second-order valence-electron chi connectivity index (χ2n) is 4.58. The predicted molar refractivity (Wildman–Crippen MR) is 86.9 cm³/mol. The van der Waals surface area contributed by atoms with Gasteiger partial charge in [0.25, 0.3) is 0 Å². The van der Waals surface area contributed by atoms with E-state index in [0.717, 1.165) is 0 Å². The zero-order valence-corrected chi connectivity index (χ0v) is 16.0. The number of hydrogen-bond acceptors (Lipinski definition) is 0. The van der Waals surface area contributed by atoms with Crippen molar-refractivity contribution in [1.29, 1.82) is 0 Å². The van der Waals surface area contributed by atoms with Crippen molar-refractivity contribution in [2.45, 2.75) is 32.6 Å². The van der Waals surface area contributed by atoms with Gasteiger partial charge in [0.05, 0.1) is 0 Å². The first-order valence-corrected chi connectivity index (χ1v) is 16.5. The first kappa shape index (κ1) is 15.4. The van der Waals surface area contributed by atoms with Crippen LogP contribution in [0.25, 0.3) is 0 Å². The summed E-state index contributed by atoms with van der Waals surface area (Å²) in [5.41, 5.74) is 1.52. The molecule has 0 fully saturated rings. The molecule has 2 aromatic carbocycles. The molecule has 0 aliphatic rings. The molecule has 0 unspecified atom stereocenters. The molecule has 0 aliphatic carbocycles. The van der Waals surface area contributed by atoms with E-state index in [-0.39, 0.29) is 34.1 Å². The topological polar surface area (TPSA) is 0 Å². The van der Waals surface area contributed by atoms with E-state index in [2.05, 4.69) is 61.5 Å². The minimum absolute atomic E-state index is 0.0632. The predicted octanol–water partition coefficient (Wildman–Crippen LogP) is 2.69. The standard InChI is InChI=1S/C17H20Te2/c1-2-3-5-8-15-11-13-17(14-12-15)19-18-16-9-6-4-7-10-16/h4,6-7,9-14H,2-3,5,8H2,1H3. The molecule has 0 atom stereocenters. The first-order chi connectivity index (χ1) is 9.38. The van der Waals surface area contributed by atoms with E-state index in [0.29, 0.717) is 0 Å². The van der Waals surface area contributed by atoms with Gasteiger partial charge in [0.1, 0.15) is 0 Å². The Morgan fingerprint density at radius 3 is 2.00 bits per heavy atom. The van der Waals surface area contributed by atoms with Crippen LogP contribution in [0.4, 0.5) is 0 Å². The van der Waals surface area contributed by atoms with Crippen LogP contribution < -0.4 is 7.22 Å². The van der Waals surface area contributed by atoms with Gasteiger partial charge in [-0.15, -0.1) is 0 Å². The van der Waals surface area contributed by atoms with Crippen molar-refractivity contribution < 1.29 is 0 Å². The first-order valence-electron chi connectivity index (χ1n) is 6.87. The number of unbranched alkanes of at least 4 members (excludes halogenated alkanes) is 2. The maximum atomic E-state index is 2.39. The second-order valence-corrected chi connectivity index (χ2v) is 14.6. The van der Waals surface area contributed by atoms with Gasteiger partial charge in [-0.2, -0.15) is 0 Å². The Labute approximate surface area is 133 Å². The summed E-state index contributed by atoms with van der Waals surface area (Å²) in [5, 5.41) is 0.